The van der Waals surface area contributed by atoms with Crippen molar-refractivity contribution in [1.82, 2.24) is 5.32 Å². The lowest BCUT2D eigenvalue weighted by Gasteiger charge is -2.23. The first-order chi connectivity index (χ1) is 9.22. The standard InChI is InChI=1S/C17H24BrN/c1-13-10-11-15(16(18)12-13)17(19-2)14-8-6-4-3-5-7-9-14/h8,10-12,17,19H,3-7,9H2,1-2H3/b14-8+. The van der Waals surface area contributed by atoms with Crippen LogP contribution >= 0.6 is 15.9 Å². The van der Waals surface area contributed by atoms with Crippen molar-refractivity contribution >= 4 is 15.9 Å². The fraction of sp³-hybridized carbons (Fsp3) is 0.529. The number of benzene rings is 1. The van der Waals surface area contributed by atoms with Crippen molar-refractivity contribution in [3.8, 4) is 0 Å². The monoisotopic (exact) mass is 321 g/mol. The molecule has 0 radical (unpaired) electrons. The Labute approximate surface area is 125 Å². The van der Waals surface area contributed by atoms with E-state index in [1.54, 1.807) is 5.57 Å². The van der Waals surface area contributed by atoms with Crippen molar-refractivity contribution in [2.24, 2.45) is 0 Å². The molecular weight excluding hydrogens is 298 g/mol. The highest BCUT2D eigenvalue weighted by Gasteiger charge is 2.17. The summed E-state index contributed by atoms with van der Waals surface area (Å²) in [6, 6.07) is 7.02. The molecule has 1 aliphatic carbocycles. The van der Waals surface area contributed by atoms with Gasteiger partial charge in [0.25, 0.3) is 0 Å². The maximum Gasteiger partial charge on any atom is 0.0544 e. The number of allylic oxidation sites excluding steroid dienone is 1. The molecule has 0 aromatic heterocycles. The number of rotatable bonds is 3. The van der Waals surface area contributed by atoms with Crippen LogP contribution in [0.3, 0.4) is 0 Å². The van der Waals surface area contributed by atoms with Gasteiger partial charge in [0.2, 0.25) is 0 Å². The Bertz CT molecular complexity index is 451. The zero-order valence-electron chi connectivity index (χ0n) is 12.0. The molecule has 0 saturated carbocycles. The second-order valence-corrected chi connectivity index (χ2v) is 6.33. The number of likely N-dealkylation sites (N-methyl/N-ethyl adjacent to an activating group) is 1. The molecule has 104 valence electrons. The summed E-state index contributed by atoms with van der Waals surface area (Å²) in [6.07, 6.45) is 10.4. The Morgan fingerprint density at radius 1 is 1.16 bits per heavy atom. The summed E-state index contributed by atoms with van der Waals surface area (Å²) in [5.74, 6) is 0. The van der Waals surface area contributed by atoms with Crippen LogP contribution in [0.25, 0.3) is 0 Å². The van der Waals surface area contributed by atoms with Crippen LogP contribution in [0, 0.1) is 6.92 Å². The second kappa shape index (κ2) is 7.25. The van der Waals surface area contributed by atoms with Crippen LogP contribution in [-0.2, 0) is 0 Å². The maximum absolute atomic E-state index is 3.72. The van der Waals surface area contributed by atoms with Crippen LogP contribution in [0.4, 0.5) is 0 Å². The molecule has 1 N–H and O–H groups in total. The summed E-state index contributed by atoms with van der Waals surface area (Å²) in [4.78, 5) is 0. The lowest BCUT2D eigenvalue weighted by Crippen LogP contribution is -2.19. The molecule has 0 heterocycles. The minimum absolute atomic E-state index is 0.355. The molecule has 0 spiro atoms. The minimum Gasteiger partial charge on any atom is -0.310 e. The van der Waals surface area contributed by atoms with Gasteiger partial charge in [-0.3, -0.25) is 0 Å². The van der Waals surface area contributed by atoms with Crippen molar-refractivity contribution in [2.75, 3.05) is 7.05 Å². The summed E-state index contributed by atoms with van der Waals surface area (Å²) < 4.78 is 1.22. The molecule has 0 fully saturated rings. The normalized spacial score (nSPS) is 21.1. The molecule has 1 aromatic rings. The summed E-state index contributed by atoms with van der Waals surface area (Å²) in [6.45, 7) is 2.14. The third-order valence-electron chi connectivity index (χ3n) is 3.95. The molecule has 0 amide bonds. The predicted molar refractivity (Wildman–Crippen MR) is 86.5 cm³/mol. The van der Waals surface area contributed by atoms with Gasteiger partial charge in [-0.2, -0.15) is 0 Å². The van der Waals surface area contributed by atoms with Gasteiger partial charge in [0, 0.05) is 4.47 Å². The third kappa shape index (κ3) is 3.93. The van der Waals surface area contributed by atoms with E-state index in [0.29, 0.717) is 6.04 Å². The Morgan fingerprint density at radius 3 is 2.68 bits per heavy atom. The van der Waals surface area contributed by atoms with E-state index in [2.05, 4.69) is 59.5 Å². The quantitative estimate of drug-likeness (QED) is 0.745. The fourth-order valence-electron chi connectivity index (χ4n) is 2.89. The van der Waals surface area contributed by atoms with E-state index in [0.717, 1.165) is 0 Å². The Balaban J connectivity index is 2.27. The molecule has 0 saturated heterocycles. The highest BCUT2D eigenvalue weighted by molar-refractivity contribution is 9.10. The van der Waals surface area contributed by atoms with Crippen LogP contribution in [0.2, 0.25) is 0 Å². The highest BCUT2D eigenvalue weighted by atomic mass is 79.9. The average Bonchev–Trinajstić information content (AvgIpc) is 2.34. The SMILES string of the molecule is CNC(/C1=C/CCCCCC1)c1ccc(C)cc1Br. The van der Waals surface area contributed by atoms with Crippen molar-refractivity contribution in [3.05, 3.63) is 45.4 Å². The first-order valence-electron chi connectivity index (χ1n) is 7.34. The van der Waals surface area contributed by atoms with E-state index < -0.39 is 0 Å². The van der Waals surface area contributed by atoms with E-state index in [1.807, 2.05) is 0 Å². The van der Waals surface area contributed by atoms with Gasteiger partial charge in [-0.05, 0) is 56.8 Å². The van der Waals surface area contributed by atoms with E-state index in [-0.39, 0.29) is 0 Å². The summed E-state index contributed by atoms with van der Waals surface area (Å²) in [5.41, 5.74) is 4.23. The van der Waals surface area contributed by atoms with Crippen LogP contribution in [0.1, 0.15) is 55.7 Å². The molecule has 0 aliphatic heterocycles. The molecule has 1 nitrogen and oxygen atoms in total. The first kappa shape index (κ1) is 14.8. The van der Waals surface area contributed by atoms with E-state index >= 15 is 0 Å². The van der Waals surface area contributed by atoms with Crippen molar-refractivity contribution < 1.29 is 0 Å². The smallest absolute Gasteiger partial charge is 0.0544 e. The molecule has 1 aliphatic rings. The van der Waals surface area contributed by atoms with Crippen LogP contribution in [0.5, 0.6) is 0 Å². The summed E-state index contributed by atoms with van der Waals surface area (Å²) >= 11 is 3.72. The molecule has 1 aromatic carbocycles. The van der Waals surface area contributed by atoms with Gasteiger partial charge in [0.1, 0.15) is 0 Å². The third-order valence-corrected chi connectivity index (χ3v) is 4.64. The molecule has 1 atom stereocenters. The van der Waals surface area contributed by atoms with Gasteiger partial charge in [0.15, 0.2) is 0 Å². The topological polar surface area (TPSA) is 12.0 Å². The second-order valence-electron chi connectivity index (χ2n) is 5.48. The van der Waals surface area contributed by atoms with Crippen LogP contribution in [0.15, 0.2) is 34.3 Å². The van der Waals surface area contributed by atoms with Crippen LogP contribution < -0.4 is 5.32 Å². The summed E-state index contributed by atoms with van der Waals surface area (Å²) in [7, 11) is 2.07. The molecule has 19 heavy (non-hydrogen) atoms. The lowest BCUT2D eigenvalue weighted by atomic mass is 9.91. The van der Waals surface area contributed by atoms with Gasteiger partial charge < -0.3 is 5.32 Å². The zero-order valence-corrected chi connectivity index (χ0v) is 13.6. The predicted octanol–water partition coefficient (Wildman–Crippen LogP) is 5.30. The lowest BCUT2D eigenvalue weighted by molar-refractivity contribution is 0.573. The van der Waals surface area contributed by atoms with E-state index in [1.165, 1.54) is 54.1 Å². The van der Waals surface area contributed by atoms with Gasteiger partial charge >= 0.3 is 0 Å². The number of nitrogens with one attached hydrogen (secondary N) is 1. The molecule has 2 heteroatoms. The largest absolute Gasteiger partial charge is 0.310 e. The van der Waals surface area contributed by atoms with E-state index in [4.69, 9.17) is 0 Å². The van der Waals surface area contributed by atoms with Crippen molar-refractivity contribution in [2.45, 2.75) is 51.5 Å². The number of aryl methyl sites for hydroxylation is 1. The van der Waals surface area contributed by atoms with Gasteiger partial charge in [0.05, 0.1) is 6.04 Å². The minimum atomic E-state index is 0.355. The molecule has 0 bridgehead atoms. The van der Waals surface area contributed by atoms with Gasteiger partial charge in [-0.15, -0.1) is 0 Å². The zero-order chi connectivity index (χ0) is 13.7. The van der Waals surface area contributed by atoms with E-state index in [9.17, 15) is 0 Å². The first-order valence-corrected chi connectivity index (χ1v) is 8.14. The summed E-state index contributed by atoms with van der Waals surface area (Å²) in [5, 5.41) is 3.50. The fourth-order valence-corrected chi connectivity index (χ4v) is 3.61. The Morgan fingerprint density at radius 2 is 1.95 bits per heavy atom. The number of hydrogen-bond donors (Lipinski definition) is 1. The number of hydrogen-bond acceptors (Lipinski definition) is 1. The van der Waals surface area contributed by atoms with Gasteiger partial charge in [-0.1, -0.05) is 52.6 Å². The number of halogens is 1. The Hall–Kier alpha value is -0.600. The van der Waals surface area contributed by atoms with Gasteiger partial charge in [-0.25, -0.2) is 0 Å². The van der Waals surface area contributed by atoms with Crippen LogP contribution in [-0.4, -0.2) is 7.05 Å². The maximum atomic E-state index is 3.72. The van der Waals surface area contributed by atoms with Crippen molar-refractivity contribution in [3.63, 3.8) is 0 Å². The Kier molecular flexibility index (Phi) is 5.65. The molecular formula is C17H24BrN. The highest BCUT2D eigenvalue weighted by Crippen LogP contribution is 2.33. The molecule has 1 unspecified atom stereocenters. The average molecular weight is 322 g/mol. The molecule has 2 rings (SSSR count). The van der Waals surface area contributed by atoms with Crippen molar-refractivity contribution in [1.29, 1.82) is 0 Å².